The number of ketones is 1. The summed E-state index contributed by atoms with van der Waals surface area (Å²) in [7, 11) is 0. The summed E-state index contributed by atoms with van der Waals surface area (Å²) in [6.07, 6.45) is 2.03. The lowest BCUT2D eigenvalue weighted by atomic mass is 10.0. The van der Waals surface area contributed by atoms with Crippen LogP contribution in [0.15, 0.2) is 42.6 Å². The minimum absolute atomic E-state index is 0.0118. The molecule has 18 heavy (non-hydrogen) atoms. The first-order valence-electron chi connectivity index (χ1n) is 5.64. The number of hydrogen-bond donors (Lipinski definition) is 0. The van der Waals surface area contributed by atoms with E-state index in [1.807, 2.05) is 25.1 Å². The Morgan fingerprint density at radius 3 is 2.89 bits per heavy atom. The van der Waals surface area contributed by atoms with Crippen molar-refractivity contribution < 1.29 is 4.79 Å². The third kappa shape index (κ3) is 2.80. The molecule has 2 rings (SSSR count). The van der Waals surface area contributed by atoms with Gasteiger partial charge in [0.05, 0.1) is 11.6 Å². The molecule has 0 aliphatic heterocycles. The third-order valence-corrected chi connectivity index (χ3v) is 2.64. The number of aryl methyl sites for hydroxylation is 1. The normalized spacial score (nSPS) is 9.78. The van der Waals surface area contributed by atoms with Gasteiger partial charge in [0.25, 0.3) is 0 Å². The highest BCUT2D eigenvalue weighted by atomic mass is 16.1. The van der Waals surface area contributed by atoms with Crippen LogP contribution in [0.5, 0.6) is 0 Å². The van der Waals surface area contributed by atoms with Crippen molar-refractivity contribution in [3.8, 4) is 6.07 Å². The smallest absolute Gasteiger partial charge is 0.167 e. The molecule has 2 aromatic rings. The lowest BCUT2D eigenvalue weighted by Crippen LogP contribution is -2.04. The van der Waals surface area contributed by atoms with Gasteiger partial charge in [0.15, 0.2) is 5.78 Å². The second-order valence-corrected chi connectivity index (χ2v) is 4.10. The largest absolute Gasteiger partial charge is 0.294 e. The maximum atomic E-state index is 12.1. The predicted octanol–water partition coefficient (Wildman–Crippen LogP) is 2.69. The Morgan fingerprint density at radius 1 is 1.33 bits per heavy atom. The zero-order chi connectivity index (χ0) is 13.0. The van der Waals surface area contributed by atoms with Crippen LogP contribution >= 0.6 is 0 Å². The van der Waals surface area contributed by atoms with Gasteiger partial charge in [-0.25, -0.2) is 0 Å². The molecule has 0 saturated carbocycles. The minimum atomic E-state index is 0.0118. The van der Waals surface area contributed by atoms with Crippen LogP contribution in [0.1, 0.15) is 27.2 Å². The molecule has 1 aromatic carbocycles. The van der Waals surface area contributed by atoms with Crippen molar-refractivity contribution >= 4 is 5.78 Å². The second kappa shape index (κ2) is 5.24. The number of carbonyl (C=O) groups is 1. The molecule has 1 heterocycles. The monoisotopic (exact) mass is 236 g/mol. The van der Waals surface area contributed by atoms with Crippen molar-refractivity contribution in [3.05, 3.63) is 65.0 Å². The van der Waals surface area contributed by atoms with Crippen LogP contribution in [0.4, 0.5) is 0 Å². The van der Waals surface area contributed by atoms with Gasteiger partial charge in [-0.15, -0.1) is 0 Å². The van der Waals surface area contributed by atoms with Gasteiger partial charge in [0.1, 0.15) is 0 Å². The van der Waals surface area contributed by atoms with E-state index in [1.54, 1.807) is 30.5 Å². The van der Waals surface area contributed by atoms with Crippen LogP contribution < -0.4 is 0 Å². The van der Waals surface area contributed by atoms with E-state index in [0.29, 0.717) is 17.5 Å². The van der Waals surface area contributed by atoms with Crippen LogP contribution in [-0.4, -0.2) is 10.8 Å². The van der Waals surface area contributed by atoms with Crippen molar-refractivity contribution in [1.82, 2.24) is 4.98 Å². The van der Waals surface area contributed by atoms with Crippen molar-refractivity contribution in [2.45, 2.75) is 13.3 Å². The summed E-state index contributed by atoms with van der Waals surface area (Å²) in [4.78, 5) is 16.2. The highest BCUT2D eigenvalue weighted by molar-refractivity contribution is 5.97. The lowest BCUT2D eigenvalue weighted by Gasteiger charge is -2.02. The predicted molar refractivity (Wildman–Crippen MR) is 68.2 cm³/mol. The van der Waals surface area contributed by atoms with Crippen LogP contribution in [0.25, 0.3) is 0 Å². The quantitative estimate of drug-likeness (QED) is 0.770. The molecular formula is C15H12N2O. The number of carbonyl (C=O) groups excluding carboxylic acids is 1. The first-order valence-corrected chi connectivity index (χ1v) is 5.64. The van der Waals surface area contributed by atoms with Crippen LogP contribution in [-0.2, 0) is 6.42 Å². The summed E-state index contributed by atoms with van der Waals surface area (Å²) in [5, 5.41) is 8.80. The van der Waals surface area contributed by atoms with Crippen LogP contribution in [0, 0.1) is 18.3 Å². The van der Waals surface area contributed by atoms with Gasteiger partial charge in [-0.1, -0.05) is 12.1 Å². The standard InChI is InChI=1S/C15H12N2O/c1-11-7-12(5-6-17-11)9-15(18)14-4-2-3-13(8-14)10-16/h2-8H,9H2,1H3. The maximum Gasteiger partial charge on any atom is 0.167 e. The van der Waals surface area contributed by atoms with Gasteiger partial charge in [-0.05, 0) is 36.8 Å². The van der Waals surface area contributed by atoms with E-state index in [2.05, 4.69) is 4.98 Å². The Morgan fingerprint density at radius 2 is 2.17 bits per heavy atom. The topological polar surface area (TPSA) is 53.8 Å². The molecule has 0 amide bonds. The van der Waals surface area contributed by atoms with Crippen molar-refractivity contribution in [2.75, 3.05) is 0 Å². The zero-order valence-electron chi connectivity index (χ0n) is 10.1. The van der Waals surface area contributed by atoms with Gasteiger partial charge in [0, 0.05) is 23.9 Å². The molecule has 0 spiro atoms. The van der Waals surface area contributed by atoms with E-state index in [9.17, 15) is 4.79 Å². The van der Waals surface area contributed by atoms with E-state index in [0.717, 1.165) is 11.3 Å². The minimum Gasteiger partial charge on any atom is -0.294 e. The zero-order valence-corrected chi connectivity index (χ0v) is 10.1. The highest BCUT2D eigenvalue weighted by Crippen LogP contribution is 2.10. The molecule has 0 N–H and O–H groups in total. The van der Waals surface area contributed by atoms with Gasteiger partial charge in [0.2, 0.25) is 0 Å². The number of aromatic nitrogens is 1. The lowest BCUT2D eigenvalue weighted by molar-refractivity contribution is 0.0993. The van der Waals surface area contributed by atoms with Gasteiger partial charge in [-0.2, -0.15) is 5.26 Å². The molecule has 0 aliphatic rings. The summed E-state index contributed by atoms with van der Waals surface area (Å²) in [5.41, 5.74) is 2.91. The summed E-state index contributed by atoms with van der Waals surface area (Å²) in [5.74, 6) is 0.0118. The Bertz CT molecular complexity index is 626. The van der Waals surface area contributed by atoms with Gasteiger partial charge >= 0.3 is 0 Å². The molecule has 0 atom stereocenters. The molecule has 0 radical (unpaired) electrons. The molecule has 0 bridgehead atoms. The van der Waals surface area contributed by atoms with E-state index >= 15 is 0 Å². The third-order valence-electron chi connectivity index (χ3n) is 2.64. The van der Waals surface area contributed by atoms with Crippen molar-refractivity contribution in [1.29, 1.82) is 5.26 Å². The Hall–Kier alpha value is -2.47. The number of benzene rings is 1. The SMILES string of the molecule is Cc1cc(CC(=O)c2cccc(C#N)c2)ccn1. The molecule has 3 nitrogen and oxygen atoms in total. The summed E-state index contributed by atoms with van der Waals surface area (Å²) >= 11 is 0. The molecule has 1 aromatic heterocycles. The van der Waals surface area contributed by atoms with Crippen LogP contribution in [0.2, 0.25) is 0 Å². The number of pyridine rings is 1. The average Bonchev–Trinajstić information content (AvgIpc) is 2.39. The Kier molecular flexibility index (Phi) is 3.49. The van der Waals surface area contributed by atoms with E-state index < -0.39 is 0 Å². The highest BCUT2D eigenvalue weighted by Gasteiger charge is 2.08. The van der Waals surface area contributed by atoms with Crippen LogP contribution in [0.3, 0.4) is 0 Å². The number of nitrogens with zero attached hydrogens (tertiary/aromatic N) is 2. The number of Topliss-reactive ketones (excluding diaryl/α,β-unsaturated/α-hetero) is 1. The fourth-order valence-electron chi connectivity index (χ4n) is 1.76. The van der Waals surface area contributed by atoms with Crippen molar-refractivity contribution in [2.24, 2.45) is 0 Å². The second-order valence-electron chi connectivity index (χ2n) is 4.10. The maximum absolute atomic E-state index is 12.1. The molecule has 0 saturated heterocycles. The van der Waals surface area contributed by atoms with E-state index in [4.69, 9.17) is 5.26 Å². The fraction of sp³-hybridized carbons (Fsp3) is 0.133. The van der Waals surface area contributed by atoms with E-state index in [1.165, 1.54) is 0 Å². The average molecular weight is 236 g/mol. The Labute approximate surface area is 106 Å². The van der Waals surface area contributed by atoms with Gasteiger partial charge < -0.3 is 0 Å². The molecule has 88 valence electrons. The molecule has 0 unspecified atom stereocenters. The molecular weight excluding hydrogens is 224 g/mol. The summed E-state index contributed by atoms with van der Waals surface area (Å²) in [6.45, 7) is 1.89. The summed E-state index contributed by atoms with van der Waals surface area (Å²) in [6, 6.07) is 12.5. The van der Waals surface area contributed by atoms with E-state index in [-0.39, 0.29) is 5.78 Å². The number of hydrogen-bond acceptors (Lipinski definition) is 3. The Balaban J connectivity index is 2.20. The molecule has 0 aliphatic carbocycles. The first-order chi connectivity index (χ1) is 8.69. The number of rotatable bonds is 3. The first kappa shape index (κ1) is 12.0. The van der Waals surface area contributed by atoms with Crippen molar-refractivity contribution in [3.63, 3.8) is 0 Å². The summed E-state index contributed by atoms with van der Waals surface area (Å²) < 4.78 is 0. The number of nitriles is 1. The van der Waals surface area contributed by atoms with Gasteiger partial charge in [-0.3, -0.25) is 9.78 Å². The molecule has 3 heteroatoms. The fourth-order valence-corrected chi connectivity index (χ4v) is 1.76. The molecule has 0 fully saturated rings.